The smallest absolute Gasteiger partial charge is 0.0598 e. The fraction of sp³-hybridized carbons (Fsp3) is 0.206. The Hall–Kier alpha value is -6.55. The number of para-hydroxylation sites is 2. The number of allylic oxidation sites excluding steroid dienone is 9. The molecule has 8 aliphatic rings. The molecule has 2 heterocycles. The van der Waals surface area contributed by atoms with Gasteiger partial charge in [0.25, 0.3) is 0 Å². The van der Waals surface area contributed by atoms with E-state index in [4.69, 9.17) is 0 Å². The van der Waals surface area contributed by atoms with Crippen LogP contribution in [0.3, 0.4) is 0 Å². The van der Waals surface area contributed by atoms with Crippen molar-refractivity contribution in [1.82, 2.24) is 0 Å². The Morgan fingerprint density at radius 1 is 0.591 bits per heavy atom. The molecular weight excluding hydrogens is 817 g/mol. The summed E-state index contributed by atoms with van der Waals surface area (Å²) < 4.78 is 0. The highest BCUT2D eigenvalue weighted by atomic mass is 32.2. The van der Waals surface area contributed by atoms with Crippen molar-refractivity contribution in [2.24, 2.45) is 11.8 Å². The molecule has 0 bridgehead atoms. The lowest BCUT2D eigenvalue weighted by Gasteiger charge is -2.41. The number of aryl methyl sites for hydroxylation is 1. The van der Waals surface area contributed by atoms with E-state index in [0.717, 1.165) is 19.4 Å². The van der Waals surface area contributed by atoms with Gasteiger partial charge >= 0.3 is 0 Å². The molecule has 0 saturated carbocycles. The molecule has 1 spiro atoms. The molecule has 6 aliphatic carbocycles. The molecular formula is C63H52N2S. The first kappa shape index (κ1) is 38.7. The molecule has 2 nitrogen and oxygen atoms in total. The van der Waals surface area contributed by atoms with Gasteiger partial charge in [0.1, 0.15) is 0 Å². The average Bonchev–Trinajstić information content (AvgIpc) is 3.92. The number of rotatable bonds is 4. The van der Waals surface area contributed by atoms with Crippen LogP contribution in [0.1, 0.15) is 95.0 Å². The van der Waals surface area contributed by atoms with E-state index >= 15 is 0 Å². The number of nitrogens with zero attached hydrogens (tertiary/aromatic N) is 2. The van der Waals surface area contributed by atoms with Crippen molar-refractivity contribution < 1.29 is 0 Å². The van der Waals surface area contributed by atoms with Crippen molar-refractivity contribution in [2.75, 3.05) is 16.3 Å². The Balaban J connectivity index is 0.846. The van der Waals surface area contributed by atoms with Gasteiger partial charge in [0.05, 0.1) is 11.1 Å². The molecule has 6 aromatic carbocycles. The number of fused-ring (bicyclic) bond motifs is 15. The van der Waals surface area contributed by atoms with E-state index in [9.17, 15) is 0 Å². The van der Waals surface area contributed by atoms with Crippen molar-refractivity contribution in [3.8, 4) is 11.1 Å². The fourth-order valence-electron chi connectivity index (χ4n) is 13.6. The van der Waals surface area contributed by atoms with Crippen molar-refractivity contribution in [2.45, 2.75) is 67.1 Å². The zero-order valence-electron chi connectivity index (χ0n) is 37.6. The molecule has 0 N–H and O–H groups in total. The van der Waals surface area contributed by atoms with Crippen LogP contribution in [0.2, 0.25) is 0 Å². The van der Waals surface area contributed by atoms with Gasteiger partial charge in [-0.05, 0) is 129 Å². The van der Waals surface area contributed by atoms with Gasteiger partial charge in [-0.1, -0.05) is 189 Å². The van der Waals surface area contributed by atoms with Gasteiger partial charge in [-0.2, -0.15) is 0 Å². The van der Waals surface area contributed by atoms with Crippen molar-refractivity contribution >= 4 is 35.3 Å². The topological polar surface area (TPSA) is 6.48 Å². The Labute approximate surface area is 393 Å². The average molecular weight is 869 g/mol. The minimum Gasteiger partial charge on any atom is -0.342 e. The Bertz CT molecular complexity index is 3250. The molecule has 0 amide bonds. The molecule has 4 unspecified atom stereocenters. The summed E-state index contributed by atoms with van der Waals surface area (Å²) in [5.41, 5.74) is 21.9. The summed E-state index contributed by atoms with van der Waals surface area (Å²) in [6.07, 6.45) is 29.0. The molecule has 6 aromatic rings. The first-order valence-electron chi connectivity index (χ1n) is 24.3. The van der Waals surface area contributed by atoms with Gasteiger partial charge in [0, 0.05) is 56.9 Å². The summed E-state index contributed by atoms with van der Waals surface area (Å²) >= 11 is 1.92. The van der Waals surface area contributed by atoms with Crippen molar-refractivity contribution in [1.29, 1.82) is 0 Å². The van der Waals surface area contributed by atoms with Gasteiger partial charge in [0.2, 0.25) is 0 Å². The lowest BCUT2D eigenvalue weighted by molar-refractivity contribution is 0.391. The first-order chi connectivity index (χ1) is 32.5. The summed E-state index contributed by atoms with van der Waals surface area (Å²) in [7, 11) is 0. The van der Waals surface area contributed by atoms with Crippen molar-refractivity contribution in [3.63, 3.8) is 0 Å². The van der Waals surface area contributed by atoms with Crippen LogP contribution in [0.4, 0.5) is 11.4 Å². The van der Waals surface area contributed by atoms with Gasteiger partial charge in [-0.3, -0.25) is 0 Å². The number of thioether (sulfide) groups is 1. The second-order valence-electron chi connectivity index (χ2n) is 20.2. The maximum absolute atomic E-state index is 2.66. The molecule has 0 saturated heterocycles. The van der Waals surface area contributed by atoms with Gasteiger partial charge in [-0.25, -0.2) is 0 Å². The van der Waals surface area contributed by atoms with E-state index in [-0.39, 0.29) is 22.7 Å². The highest BCUT2D eigenvalue weighted by Crippen LogP contribution is 2.66. The van der Waals surface area contributed by atoms with Crippen LogP contribution < -0.4 is 9.80 Å². The third kappa shape index (κ3) is 5.44. The van der Waals surface area contributed by atoms with Gasteiger partial charge in [0.15, 0.2) is 0 Å². The minimum atomic E-state index is -0.329. The standard InChI is InChI=1S/C63H52N2S/c1-62(2)53-36-40(27-31-47(53)48-33-29-43(38-54(48)62)64-35-13-15-42-14-3-8-20-57(42)64)25-26-41-28-32-49-50-34-30-44(65-58-21-9-11-23-60(58)66-61-24-12-10-22-59(61)65)39-56(50)63(55(49)37-41)51-18-6-4-16-45(51)46-17-5-7-19-52(46)63/h3-9,11-12,14,16-21,23-34,36-39,48,50,54,56H,10,13,15,22,35H2,1-2H3/b26-25+. The minimum absolute atomic E-state index is 0.00938. The molecule has 14 rings (SSSR count). The summed E-state index contributed by atoms with van der Waals surface area (Å²) in [5, 5.41) is 0. The molecule has 3 heteroatoms. The quantitative estimate of drug-likeness (QED) is 0.163. The van der Waals surface area contributed by atoms with Crippen LogP contribution in [0.5, 0.6) is 0 Å². The third-order valence-electron chi connectivity index (χ3n) is 16.6. The Morgan fingerprint density at radius 3 is 2.02 bits per heavy atom. The molecule has 0 aromatic heterocycles. The summed E-state index contributed by atoms with van der Waals surface area (Å²) in [5.74, 6) is 1.28. The predicted molar refractivity (Wildman–Crippen MR) is 276 cm³/mol. The lowest BCUT2D eigenvalue weighted by Crippen LogP contribution is -2.35. The van der Waals surface area contributed by atoms with Crippen molar-refractivity contribution in [3.05, 3.63) is 254 Å². The van der Waals surface area contributed by atoms with Gasteiger partial charge in [-0.15, -0.1) is 0 Å². The molecule has 4 atom stereocenters. The molecule has 2 aliphatic heterocycles. The highest BCUT2D eigenvalue weighted by molar-refractivity contribution is 8.03. The zero-order chi connectivity index (χ0) is 43.7. The largest absolute Gasteiger partial charge is 0.342 e. The Morgan fingerprint density at radius 2 is 1.23 bits per heavy atom. The summed E-state index contributed by atoms with van der Waals surface area (Å²) in [6, 6.07) is 51.2. The van der Waals surface area contributed by atoms with Crippen LogP contribution in [-0.2, 0) is 17.3 Å². The van der Waals surface area contributed by atoms with Crippen LogP contribution in [0.25, 0.3) is 23.3 Å². The van der Waals surface area contributed by atoms with Gasteiger partial charge < -0.3 is 9.80 Å². The molecule has 66 heavy (non-hydrogen) atoms. The van der Waals surface area contributed by atoms with Crippen LogP contribution in [0.15, 0.2) is 209 Å². The van der Waals surface area contributed by atoms with E-state index in [1.54, 1.807) is 0 Å². The third-order valence-corrected chi connectivity index (χ3v) is 17.7. The maximum Gasteiger partial charge on any atom is 0.0598 e. The normalized spacial score (nSPS) is 23.9. The van der Waals surface area contributed by atoms with Crippen LogP contribution in [0, 0.1) is 11.8 Å². The second kappa shape index (κ2) is 14.5. The van der Waals surface area contributed by atoms with E-state index in [0.29, 0.717) is 11.8 Å². The fourth-order valence-corrected chi connectivity index (χ4v) is 14.8. The molecule has 320 valence electrons. The molecule has 0 fully saturated rings. The number of benzene rings is 6. The second-order valence-corrected chi connectivity index (χ2v) is 21.3. The van der Waals surface area contributed by atoms with Crippen LogP contribution in [-0.4, -0.2) is 6.54 Å². The number of anilines is 2. The van der Waals surface area contributed by atoms with E-state index < -0.39 is 0 Å². The summed E-state index contributed by atoms with van der Waals surface area (Å²) in [4.78, 5) is 7.86. The van der Waals surface area contributed by atoms with E-state index in [2.05, 4.69) is 218 Å². The SMILES string of the molecule is CC1(C)c2cc(/C=C/c3ccc4c(c3)C3(c5ccccc5-c5ccccc53)C3C=C(N5C6=C(C=CCC6)Sc6ccccc65)C=CC43)ccc2C2C=CC(N3CCCc4ccccc43)=CC21. The first-order valence-corrected chi connectivity index (χ1v) is 25.1. The number of hydrogen-bond donors (Lipinski definition) is 0. The highest BCUT2D eigenvalue weighted by Gasteiger charge is 2.57. The predicted octanol–water partition coefficient (Wildman–Crippen LogP) is 15.4. The monoisotopic (exact) mass is 868 g/mol. The van der Waals surface area contributed by atoms with Crippen LogP contribution >= 0.6 is 11.8 Å². The molecule has 0 radical (unpaired) electrons. The zero-order valence-corrected chi connectivity index (χ0v) is 38.4. The van der Waals surface area contributed by atoms with E-state index in [1.807, 2.05) is 11.8 Å². The Kier molecular flexibility index (Phi) is 8.49. The summed E-state index contributed by atoms with van der Waals surface area (Å²) in [6.45, 7) is 6.02. The maximum atomic E-state index is 2.66. The van der Waals surface area contributed by atoms with E-state index in [1.165, 1.54) is 112 Å². The lowest BCUT2D eigenvalue weighted by atomic mass is 9.65. The number of hydrogen-bond acceptors (Lipinski definition) is 3.